The highest BCUT2D eigenvalue weighted by Crippen LogP contribution is 2.67. The summed E-state index contributed by atoms with van der Waals surface area (Å²) in [6.45, 7) is 25.1. The van der Waals surface area contributed by atoms with Crippen LogP contribution in [0.1, 0.15) is 270 Å². The molecule has 1 aromatic carbocycles. The SMILES string of the molecule is [C-]#[N+]C(C#N)=C1/C(=C/c2cc3sc4c(c3s2)C(CCCCCCCC)(CCCCCCCC)c2cc3c(cc2-4)C(CCCCCCCC)(CCCCCCCC)c2c-3sc3cc(/C=C4\C(=O)c5sccc5\C4=C(/C#N)[N+]#[C-])sc23)C(=O)c2sccc21. The molecule has 0 spiro atoms. The predicted molar refractivity (Wildman–Crippen MR) is 369 cm³/mol. The number of carbonyl (C=O) groups is 2. The Hall–Kier alpha value is -5.80. The molecular formula is C74H78N4O2S6. The van der Waals surface area contributed by atoms with Crippen LogP contribution >= 0.6 is 68.0 Å². The van der Waals surface area contributed by atoms with Gasteiger partial charge < -0.3 is 0 Å². The van der Waals surface area contributed by atoms with Gasteiger partial charge >= 0.3 is 0 Å². The van der Waals surface area contributed by atoms with Crippen LogP contribution in [0.25, 0.3) is 72.7 Å². The van der Waals surface area contributed by atoms with E-state index in [1.165, 1.54) is 213 Å². The quantitative estimate of drug-likeness (QED) is 0.0194. The number of allylic oxidation sites excluding steroid dienone is 6. The second-order valence-electron chi connectivity index (χ2n) is 24.5. The molecule has 4 aliphatic carbocycles. The zero-order valence-corrected chi connectivity index (χ0v) is 55.5. The van der Waals surface area contributed by atoms with E-state index in [0.717, 1.165) is 61.1 Å². The van der Waals surface area contributed by atoms with Crippen molar-refractivity contribution >= 4 is 122 Å². The zero-order chi connectivity index (χ0) is 60.0. The maximum atomic E-state index is 14.2. The second-order valence-corrected chi connectivity index (χ2v) is 30.6. The Morgan fingerprint density at radius 1 is 0.465 bits per heavy atom. The summed E-state index contributed by atoms with van der Waals surface area (Å²) in [5.41, 5.74) is 11.7. The van der Waals surface area contributed by atoms with Crippen LogP contribution in [-0.4, -0.2) is 11.6 Å². The Balaban J connectivity index is 1.10. The number of ketones is 2. The molecule has 0 saturated carbocycles. The van der Waals surface area contributed by atoms with Gasteiger partial charge in [-0.2, -0.15) is 0 Å². The fraction of sp³-hybridized carbons (Fsp3) is 0.459. The molecule has 6 aromatic heterocycles. The molecule has 6 heterocycles. The summed E-state index contributed by atoms with van der Waals surface area (Å²) in [7, 11) is 0. The summed E-state index contributed by atoms with van der Waals surface area (Å²) < 4.78 is 5.17. The highest BCUT2D eigenvalue weighted by molar-refractivity contribution is 7.31. The fourth-order valence-electron chi connectivity index (χ4n) is 14.8. The Kier molecular flexibility index (Phi) is 19.9. The fourth-order valence-corrected chi connectivity index (χ4v) is 22.2. The summed E-state index contributed by atoms with van der Waals surface area (Å²) in [4.78, 5) is 41.7. The number of thiophene rings is 6. The number of carbonyl (C=O) groups excluding carboxylic acids is 2. The van der Waals surface area contributed by atoms with Gasteiger partial charge in [0.1, 0.15) is 0 Å². The smallest absolute Gasteiger partial charge is 0.270 e. The molecule has 0 amide bonds. The minimum Gasteiger partial charge on any atom is -0.288 e. The molecule has 0 radical (unpaired) electrons. The van der Waals surface area contributed by atoms with Crippen LogP contribution in [-0.2, 0) is 10.8 Å². The lowest BCUT2D eigenvalue weighted by Gasteiger charge is -2.35. The standard InChI is InChI=1S/C74H78N4O2S6/c1-7-11-15-19-23-27-33-73(34-28-24-20-16-12-8-2)55-43-52-56(44-51(55)67-63(73)71-59(85-67)41-47(83-71)39-53-61(57(45-75)77-5)49-31-37-81-69(49)65(53)79)74(35-29-25-21-17-13-9-3,36-30-26-22-18-14-10-4)64-68(52)86-60-42-48(84-72(60)64)40-54-62(58(46-76)78-6)50-32-38-82-70(50)66(54)80/h31-32,37-44H,7-30,33-36H2,1-4H3/b53-39-,54-40-,61-57-,62-58?. The van der Waals surface area contributed by atoms with Crippen LogP contribution in [0, 0.1) is 35.8 Å². The second kappa shape index (κ2) is 27.7. The van der Waals surface area contributed by atoms with Gasteiger partial charge in [-0.1, -0.05) is 182 Å². The third-order valence-corrected chi connectivity index (χ3v) is 25.6. The van der Waals surface area contributed by atoms with E-state index in [9.17, 15) is 20.1 Å². The summed E-state index contributed by atoms with van der Waals surface area (Å²) in [6, 6.07) is 18.1. The maximum absolute atomic E-state index is 14.2. The Labute approximate surface area is 534 Å². The molecule has 0 atom stereocenters. The minimum atomic E-state index is -0.203. The molecule has 442 valence electrons. The number of benzene rings is 1. The van der Waals surface area contributed by atoms with Gasteiger partial charge in [0, 0.05) is 62.0 Å². The topological polar surface area (TPSA) is 90.4 Å². The number of hydrogen-bond donors (Lipinski definition) is 0. The molecule has 0 N–H and O–H groups in total. The van der Waals surface area contributed by atoms with E-state index >= 15 is 0 Å². The first-order valence-corrected chi connectivity index (χ1v) is 37.2. The Morgan fingerprint density at radius 3 is 1.13 bits per heavy atom. The normalized spacial score (nSPS) is 17.0. The van der Waals surface area contributed by atoms with Gasteiger partial charge in [-0.15, -0.1) is 68.0 Å². The van der Waals surface area contributed by atoms with E-state index < -0.39 is 0 Å². The molecule has 0 aliphatic heterocycles. The molecule has 12 heteroatoms. The van der Waals surface area contributed by atoms with Crippen molar-refractivity contribution in [3.05, 3.63) is 145 Å². The first kappa shape index (κ1) is 61.8. The largest absolute Gasteiger partial charge is 0.288 e. The van der Waals surface area contributed by atoms with Crippen molar-refractivity contribution in [1.29, 1.82) is 10.5 Å². The molecule has 0 fully saturated rings. The molecule has 0 unspecified atom stereocenters. The molecule has 7 aromatic rings. The van der Waals surface area contributed by atoms with Gasteiger partial charge in [-0.05, 0) is 130 Å². The van der Waals surface area contributed by atoms with Crippen LogP contribution in [0.3, 0.4) is 0 Å². The van der Waals surface area contributed by atoms with Gasteiger partial charge in [0.15, 0.2) is 0 Å². The molecule has 0 bridgehead atoms. The van der Waals surface area contributed by atoms with Crippen LogP contribution in [0.5, 0.6) is 0 Å². The number of nitrogens with zero attached hydrogens (tertiary/aromatic N) is 4. The maximum Gasteiger partial charge on any atom is 0.270 e. The first-order chi connectivity index (χ1) is 42.1. The van der Waals surface area contributed by atoms with E-state index in [1.54, 1.807) is 22.7 Å². The van der Waals surface area contributed by atoms with Crippen LogP contribution in [0.15, 0.2) is 69.7 Å². The van der Waals surface area contributed by atoms with Crippen LogP contribution in [0.4, 0.5) is 0 Å². The van der Waals surface area contributed by atoms with Gasteiger partial charge in [-0.3, -0.25) is 9.59 Å². The number of Topliss-reactive ketones (excluding diaryl/α,β-unsaturated/α-hetero) is 2. The number of rotatable bonds is 30. The zero-order valence-electron chi connectivity index (χ0n) is 50.6. The van der Waals surface area contributed by atoms with Crippen molar-refractivity contribution in [2.75, 3.05) is 0 Å². The van der Waals surface area contributed by atoms with Crippen LogP contribution in [0.2, 0.25) is 0 Å². The highest BCUT2D eigenvalue weighted by atomic mass is 32.1. The molecule has 0 saturated heterocycles. The lowest BCUT2D eigenvalue weighted by atomic mass is 9.68. The Bertz CT molecular complexity index is 3700. The highest BCUT2D eigenvalue weighted by Gasteiger charge is 2.51. The summed E-state index contributed by atoms with van der Waals surface area (Å²) in [5, 5.41) is 24.2. The summed E-state index contributed by atoms with van der Waals surface area (Å²) >= 11 is 10.3. The number of unbranched alkanes of at least 4 members (excludes halogenated alkanes) is 20. The number of hydrogen-bond acceptors (Lipinski definition) is 10. The molecule has 11 rings (SSSR count). The van der Waals surface area contributed by atoms with E-state index in [4.69, 9.17) is 13.1 Å². The van der Waals surface area contributed by atoms with Crippen molar-refractivity contribution in [2.24, 2.45) is 0 Å². The molecule has 86 heavy (non-hydrogen) atoms. The third-order valence-electron chi connectivity index (χ3n) is 19.0. The van der Waals surface area contributed by atoms with E-state index in [2.05, 4.69) is 73.8 Å². The van der Waals surface area contributed by atoms with E-state index in [1.807, 2.05) is 57.7 Å². The third kappa shape index (κ3) is 11.4. The summed E-state index contributed by atoms with van der Waals surface area (Å²) in [6.07, 6.45) is 37.8. The van der Waals surface area contributed by atoms with Crippen molar-refractivity contribution in [2.45, 2.75) is 218 Å². The van der Waals surface area contributed by atoms with Crippen molar-refractivity contribution in [3.63, 3.8) is 0 Å². The Morgan fingerprint density at radius 2 is 0.802 bits per heavy atom. The molecular weight excluding hydrogens is 1170 g/mol. The van der Waals surface area contributed by atoms with Crippen LogP contribution < -0.4 is 0 Å². The first-order valence-electron chi connectivity index (χ1n) is 32.2. The van der Waals surface area contributed by atoms with Crippen molar-refractivity contribution < 1.29 is 9.59 Å². The average Bonchev–Trinajstić information content (AvgIpc) is 1.53. The molecule has 4 aliphatic rings. The van der Waals surface area contributed by atoms with Crippen molar-refractivity contribution in [1.82, 2.24) is 0 Å². The summed E-state index contributed by atoms with van der Waals surface area (Å²) in [5.74, 6) is -0.203. The van der Waals surface area contributed by atoms with E-state index in [0.29, 0.717) is 43.2 Å². The van der Waals surface area contributed by atoms with E-state index in [-0.39, 0.29) is 33.8 Å². The van der Waals surface area contributed by atoms with Gasteiger partial charge in [0.2, 0.25) is 11.6 Å². The van der Waals surface area contributed by atoms with Gasteiger partial charge in [-0.25, -0.2) is 20.2 Å². The molecule has 6 nitrogen and oxygen atoms in total. The van der Waals surface area contributed by atoms with Gasteiger partial charge in [0.05, 0.1) is 44.4 Å². The lowest BCUT2D eigenvalue weighted by Crippen LogP contribution is -2.27. The number of nitriles is 2. The number of fused-ring (bicyclic) bond motifs is 12. The monoisotopic (exact) mass is 1250 g/mol. The predicted octanol–water partition coefficient (Wildman–Crippen LogP) is 24.8. The average molecular weight is 1250 g/mol. The minimum absolute atomic E-state index is 0.0333. The van der Waals surface area contributed by atoms with Crippen molar-refractivity contribution in [3.8, 4) is 33.0 Å². The lowest BCUT2D eigenvalue weighted by molar-refractivity contribution is 0.103. The van der Waals surface area contributed by atoms with Gasteiger partial charge in [0.25, 0.3) is 11.4 Å².